The zero-order chi connectivity index (χ0) is 11.4. The first-order chi connectivity index (χ1) is 7.83. The van der Waals surface area contributed by atoms with E-state index >= 15 is 0 Å². The molecular weight excluding hydrogens is 224 g/mol. The van der Waals surface area contributed by atoms with Gasteiger partial charge in [-0.2, -0.15) is 11.8 Å². The second kappa shape index (κ2) is 5.60. The third-order valence-corrected chi connectivity index (χ3v) is 3.85. The van der Waals surface area contributed by atoms with Crippen LogP contribution in [0.15, 0.2) is 0 Å². The second-order valence-corrected chi connectivity index (χ2v) is 5.12. The fourth-order valence-corrected chi connectivity index (χ4v) is 3.02. The van der Waals surface area contributed by atoms with E-state index in [1.807, 2.05) is 16.4 Å². The largest absolute Gasteiger partial charge is 0.330 e. The molecule has 1 fully saturated rings. The van der Waals surface area contributed by atoms with Gasteiger partial charge in [0.1, 0.15) is 0 Å². The van der Waals surface area contributed by atoms with Crippen LogP contribution >= 0.6 is 11.8 Å². The van der Waals surface area contributed by atoms with Crippen LogP contribution in [0.25, 0.3) is 0 Å². The fraction of sp³-hybridized carbons (Fsp3) is 0.889. The van der Waals surface area contributed by atoms with E-state index in [0.29, 0.717) is 12.6 Å². The van der Waals surface area contributed by atoms with Gasteiger partial charge in [-0.1, -0.05) is 0 Å². The van der Waals surface area contributed by atoms with Gasteiger partial charge < -0.3 is 5.73 Å². The molecule has 1 unspecified atom stereocenters. The zero-order valence-electron chi connectivity index (χ0n) is 9.54. The molecule has 1 aliphatic rings. The SMILES string of the molecule is CN1CCSCC1c1nnnn1CCCN. The molecule has 0 spiro atoms. The average Bonchev–Trinajstić information content (AvgIpc) is 2.75. The molecule has 1 saturated heterocycles. The number of aromatic nitrogens is 4. The molecule has 1 atom stereocenters. The van der Waals surface area contributed by atoms with Gasteiger partial charge in [0.05, 0.1) is 6.04 Å². The van der Waals surface area contributed by atoms with Crippen LogP contribution in [-0.2, 0) is 6.54 Å². The molecule has 2 rings (SSSR count). The fourth-order valence-electron chi connectivity index (χ4n) is 1.81. The number of hydrogen-bond acceptors (Lipinski definition) is 6. The molecule has 0 bridgehead atoms. The molecule has 0 radical (unpaired) electrons. The molecule has 1 aliphatic heterocycles. The van der Waals surface area contributed by atoms with Crippen LogP contribution in [0.1, 0.15) is 18.3 Å². The molecule has 16 heavy (non-hydrogen) atoms. The maximum absolute atomic E-state index is 5.50. The molecule has 2 heterocycles. The van der Waals surface area contributed by atoms with E-state index in [9.17, 15) is 0 Å². The van der Waals surface area contributed by atoms with Gasteiger partial charge in [0.2, 0.25) is 0 Å². The molecule has 0 aromatic carbocycles. The van der Waals surface area contributed by atoms with Crippen LogP contribution in [0.3, 0.4) is 0 Å². The first-order valence-electron chi connectivity index (χ1n) is 5.57. The highest BCUT2D eigenvalue weighted by atomic mass is 32.2. The molecule has 0 saturated carbocycles. The lowest BCUT2D eigenvalue weighted by atomic mass is 10.2. The Morgan fingerprint density at radius 1 is 1.56 bits per heavy atom. The summed E-state index contributed by atoms with van der Waals surface area (Å²) in [5.41, 5.74) is 5.50. The van der Waals surface area contributed by atoms with Gasteiger partial charge in [-0.05, 0) is 30.4 Å². The molecule has 1 aromatic rings. The maximum atomic E-state index is 5.50. The maximum Gasteiger partial charge on any atom is 0.169 e. The number of nitrogens with two attached hydrogens (primary N) is 1. The minimum atomic E-state index is 0.339. The number of thioether (sulfide) groups is 1. The normalized spacial score (nSPS) is 22.5. The lowest BCUT2D eigenvalue weighted by Gasteiger charge is -2.30. The van der Waals surface area contributed by atoms with Gasteiger partial charge in [-0.15, -0.1) is 5.10 Å². The van der Waals surface area contributed by atoms with Crippen molar-refractivity contribution < 1.29 is 0 Å². The van der Waals surface area contributed by atoms with Gasteiger partial charge in [0.25, 0.3) is 0 Å². The van der Waals surface area contributed by atoms with Gasteiger partial charge >= 0.3 is 0 Å². The molecule has 90 valence electrons. The third kappa shape index (κ3) is 2.53. The van der Waals surface area contributed by atoms with Crippen molar-refractivity contribution in [3.63, 3.8) is 0 Å². The van der Waals surface area contributed by atoms with Gasteiger partial charge in [0.15, 0.2) is 5.82 Å². The summed E-state index contributed by atoms with van der Waals surface area (Å²) in [5, 5.41) is 11.9. The van der Waals surface area contributed by atoms with Gasteiger partial charge in [0, 0.05) is 24.6 Å². The Hall–Kier alpha value is -0.660. The summed E-state index contributed by atoms with van der Waals surface area (Å²) in [5.74, 6) is 3.24. The molecule has 1 aromatic heterocycles. The predicted molar refractivity (Wildman–Crippen MR) is 64.2 cm³/mol. The van der Waals surface area contributed by atoms with Crippen LogP contribution in [0, 0.1) is 0 Å². The Morgan fingerprint density at radius 2 is 2.44 bits per heavy atom. The molecule has 6 nitrogen and oxygen atoms in total. The Morgan fingerprint density at radius 3 is 3.19 bits per heavy atom. The second-order valence-electron chi connectivity index (χ2n) is 3.97. The van der Waals surface area contributed by atoms with Crippen LogP contribution in [0.4, 0.5) is 0 Å². The highest BCUT2D eigenvalue weighted by Gasteiger charge is 2.26. The van der Waals surface area contributed by atoms with E-state index in [4.69, 9.17) is 5.73 Å². The van der Waals surface area contributed by atoms with E-state index in [2.05, 4.69) is 27.5 Å². The van der Waals surface area contributed by atoms with Crippen molar-refractivity contribution in [1.82, 2.24) is 25.1 Å². The number of hydrogen-bond donors (Lipinski definition) is 1. The summed E-state index contributed by atoms with van der Waals surface area (Å²) >= 11 is 1.96. The molecular formula is C9H18N6S. The first kappa shape index (κ1) is 11.8. The molecule has 0 aliphatic carbocycles. The van der Waals surface area contributed by atoms with Crippen molar-refractivity contribution in [3.05, 3.63) is 5.82 Å². The number of tetrazole rings is 1. The highest BCUT2D eigenvalue weighted by molar-refractivity contribution is 7.99. The van der Waals surface area contributed by atoms with Gasteiger partial charge in [-0.25, -0.2) is 4.68 Å². The predicted octanol–water partition coefficient (Wildman–Crippen LogP) is -0.258. The summed E-state index contributed by atoms with van der Waals surface area (Å²) in [6.45, 7) is 2.58. The van der Waals surface area contributed by atoms with E-state index in [1.165, 1.54) is 5.75 Å². The third-order valence-electron chi connectivity index (χ3n) is 2.83. The Labute approximate surface area is 99.6 Å². The van der Waals surface area contributed by atoms with E-state index in [1.54, 1.807) is 0 Å². The summed E-state index contributed by atoms with van der Waals surface area (Å²) in [4.78, 5) is 2.32. The lowest BCUT2D eigenvalue weighted by Crippen LogP contribution is -2.34. The minimum Gasteiger partial charge on any atom is -0.330 e. The molecule has 0 amide bonds. The Balaban J connectivity index is 2.09. The van der Waals surface area contributed by atoms with Crippen molar-refractivity contribution in [1.29, 1.82) is 0 Å². The summed E-state index contributed by atoms with van der Waals surface area (Å²) in [7, 11) is 2.13. The van der Waals surface area contributed by atoms with Crippen molar-refractivity contribution in [2.75, 3.05) is 31.6 Å². The topological polar surface area (TPSA) is 72.9 Å². The highest BCUT2D eigenvalue weighted by Crippen LogP contribution is 2.26. The number of rotatable bonds is 4. The Bertz CT molecular complexity index is 328. The van der Waals surface area contributed by atoms with E-state index in [-0.39, 0.29) is 0 Å². The van der Waals surface area contributed by atoms with Crippen LogP contribution in [-0.4, -0.2) is 56.8 Å². The van der Waals surface area contributed by atoms with Crippen LogP contribution < -0.4 is 5.73 Å². The van der Waals surface area contributed by atoms with Crippen LogP contribution in [0.5, 0.6) is 0 Å². The Kier molecular flexibility index (Phi) is 4.14. The summed E-state index contributed by atoms with van der Waals surface area (Å²) < 4.78 is 1.89. The standard InChI is InChI=1S/C9H18N6S/c1-14-5-6-16-7-8(14)9-11-12-13-15(9)4-2-3-10/h8H,2-7,10H2,1H3. The lowest BCUT2D eigenvalue weighted by molar-refractivity contribution is 0.255. The van der Waals surface area contributed by atoms with E-state index in [0.717, 1.165) is 31.1 Å². The smallest absolute Gasteiger partial charge is 0.169 e. The summed E-state index contributed by atoms with van der Waals surface area (Å²) in [6, 6.07) is 0.339. The van der Waals surface area contributed by atoms with Crippen molar-refractivity contribution in [3.8, 4) is 0 Å². The van der Waals surface area contributed by atoms with E-state index < -0.39 is 0 Å². The molecule has 7 heteroatoms. The van der Waals surface area contributed by atoms with Gasteiger partial charge in [-0.3, -0.25) is 4.90 Å². The number of aryl methyl sites for hydroxylation is 1. The van der Waals surface area contributed by atoms with Crippen molar-refractivity contribution >= 4 is 11.8 Å². The van der Waals surface area contributed by atoms with Crippen molar-refractivity contribution in [2.45, 2.75) is 19.0 Å². The van der Waals surface area contributed by atoms with Crippen molar-refractivity contribution in [2.24, 2.45) is 5.73 Å². The quantitative estimate of drug-likeness (QED) is 0.784. The van der Waals surface area contributed by atoms with Crippen LogP contribution in [0.2, 0.25) is 0 Å². The first-order valence-corrected chi connectivity index (χ1v) is 6.72. The molecule has 2 N–H and O–H groups in total. The summed E-state index contributed by atoms with van der Waals surface area (Å²) in [6.07, 6.45) is 0.918. The minimum absolute atomic E-state index is 0.339. The number of nitrogens with zero attached hydrogens (tertiary/aromatic N) is 5. The zero-order valence-corrected chi connectivity index (χ0v) is 10.4. The average molecular weight is 242 g/mol. The monoisotopic (exact) mass is 242 g/mol.